The zero-order valence-corrected chi connectivity index (χ0v) is 12.5. The monoisotopic (exact) mass is 294 g/mol. The van der Waals surface area contributed by atoms with Crippen molar-refractivity contribution in [2.24, 2.45) is 0 Å². The van der Waals surface area contributed by atoms with E-state index >= 15 is 0 Å². The molecule has 2 amide bonds. The predicted molar refractivity (Wildman–Crippen MR) is 80.2 cm³/mol. The van der Waals surface area contributed by atoms with E-state index in [0.29, 0.717) is 13.0 Å². The van der Waals surface area contributed by atoms with Crippen LogP contribution in [-0.2, 0) is 9.59 Å². The van der Waals surface area contributed by atoms with Crippen LogP contribution in [0.2, 0.25) is 0 Å². The molecule has 0 spiro atoms. The normalized spacial score (nSPS) is 18.6. The highest BCUT2D eigenvalue weighted by molar-refractivity contribution is 6.29. The van der Waals surface area contributed by atoms with Gasteiger partial charge in [-0.15, -0.1) is 11.6 Å². The van der Waals surface area contributed by atoms with Crippen LogP contribution in [0.4, 0.5) is 5.69 Å². The predicted octanol–water partition coefficient (Wildman–Crippen LogP) is 2.15. The highest BCUT2D eigenvalue weighted by atomic mass is 35.5. The molecule has 1 atom stereocenters. The van der Waals surface area contributed by atoms with Gasteiger partial charge in [-0.05, 0) is 31.4 Å². The Kier molecular flexibility index (Phi) is 4.65. The number of carbonyl (C=O) groups excluding carboxylic acids is 2. The van der Waals surface area contributed by atoms with Crippen LogP contribution in [0.3, 0.4) is 0 Å². The third kappa shape index (κ3) is 2.96. The van der Waals surface area contributed by atoms with Gasteiger partial charge in [-0.25, -0.2) is 0 Å². The second kappa shape index (κ2) is 6.27. The van der Waals surface area contributed by atoms with Crippen molar-refractivity contribution in [3.05, 3.63) is 29.3 Å². The minimum Gasteiger partial charge on any atom is -0.356 e. The molecule has 1 heterocycles. The summed E-state index contributed by atoms with van der Waals surface area (Å²) in [5.74, 6) is -0.241. The van der Waals surface area contributed by atoms with Gasteiger partial charge in [0.25, 0.3) is 0 Å². The van der Waals surface area contributed by atoms with E-state index in [1.807, 2.05) is 32.0 Å². The molecule has 4 nitrogen and oxygen atoms in total. The smallest absolute Gasteiger partial charge is 0.242 e. The number of aryl methyl sites for hydroxylation is 2. The number of benzene rings is 1. The topological polar surface area (TPSA) is 49.4 Å². The average Bonchev–Trinajstić information content (AvgIpc) is 2.42. The Labute approximate surface area is 124 Å². The number of anilines is 1. The van der Waals surface area contributed by atoms with Crippen LogP contribution in [0.25, 0.3) is 0 Å². The Morgan fingerprint density at radius 1 is 1.40 bits per heavy atom. The third-order valence-electron chi connectivity index (χ3n) is 3.65. The molecule has 108 valence electrons. The van der Waals surface area contributed by atoms with Crippen molar-refractivity contribution in [3.8, 4) is 0 Å². The van der Waals surface area contributed by atoms with Crippen molar-refractivity contribution in [3.63, 3.8) is 0 Å². The Morgan fingerprint density at radius 2 is 2.05 bits per heavy atom. The maximum atomic E-state index is 12.3. The number of halogens is 1. The fourth-order valence-corrected chi connectivity index (χ4v) is 2.88. The van der Waals surface area contributed by atoms with Crippen molar-refractivity contribution in [1.29, 1.82) is 0 Å². The van der Waals surface area contributed by atoms with Crippen LogP contribution in [0.15, 0.2) is 18.2 Å². The first-order valence-corrected chi connectivity index (χ1v) is 7.29. The number of nitrogens with zero attached hydrogens (tertiary/aromatic N) is 1. The van der Waals surface area contributed by atoms with Crippen LogP contribution in [-0.4, -0.2) is 30.3 Å². The van der Waals surface area contributed by atoms with Gasteiger partial charge in [0.15, 0.2) is 0 Å². The lowest BCUT2D eigenvalue weighted by atomic mass is 10.00. The zero-order chi connectivity index (χ0) is 14.7. The summed E-state index contributed by atoms with van der Waals surface area (Å²) < 4.78 is 0. The molecule has 1 aliphatic rings. The van der Waals surface area contributed by atoms with Gasteiger partial charge in [-0.1, -0.05) is 18.2 Å². The largest absolute Gasteiger partial charge is 0.356 e. The highest BCUT2D eigenvalue weighted by Gasteiger charge is 2.30. The van der Waals surface area contributed by atoms with E-state index in [-0.39, 0.29) is 23.7 Å². The van der Waals surface area contributed by atoms with E-state index in [9.17, 15) is 9.59 Å². The van der Waals surface area contributed by atoms with Gasteiger partial charge in [0, 0.05) is 24.7 Å². The second-order valence-corrected chi connectivity index (χ2v) is 5.40. The summed E-state index contributed by atoms with van der Waals surface area (Å²) in [4.78, 5) is 25.6. The Bertz CT molecular complexity index is 510. The number of piperidine rings is 1. The summed E-state index contributed by atoms with van der Waals surface area (Å²) in [7, 11) is 0. The van der Waals surface area contributed by atoms with E-state index < -0.39 is 0 Å². The van der Waals surface area contributed by atoms with Gasteiger partial charge in [-0.3, -0.25) is 9.59 Å². The number of hydrogen-bond donors (Lipinski definition) is 1. The first kappa shape index (κ1) is 14.9. The van der Waals surface area contributed by atoms with Crippen LogP contribution in [0.1, 0.15) is 24.0 Å². The standard InChI is InChI=1S/C15H19ClN2O2/c1-10-4-3-5-11(2)15(10)18(14(20)9-16)12-6-7-17-13(19)8-12/h3-5,12H,6-9H2,1-2H3,(H,17,19). The molecule has 0 bridgehead atoms. The summed E-state index contributed by atoms with van der Waals surface area (Å²) >= 11 is 5.77. The van der Waals surface area contributed by atoms with Crippen LogP contribution < -0.4 is 10.2 Å². The second-order valence-electron chi connectivity index (χ2n) is 5.13. The number of para-hydroxylation sites is 1. The van der Waals surface area contributed by atoms with Crippen molar-refractivity contribution in [2.45, 2.75) is 32.7 Å². The van der Waals surface area contributed by atoms with Gasteiger partial charge in [-0.2, -0.15) is 0 Å². The molecule has 5 heteroatoms. The van der Waals surface area contributed by atoms with E-state index in [1.54, 1.807) is 4.90 Å². The highest BCUT2D eigenvalue weighted by Crippen LogP contribution is 2.29. The van der Waals surface area contributed by atoms with Crippen LogP contribution in [0.5, 0.6) is 0 Å². The zero-order valence-electron chi connectivity index (χ0n) is 11.8. The molecule has 0 aromatic heterocycles. The summed E-state index contributed by atoms with van der Waals surface area (Å²) in [6, 6.07) is 5.79. The van der Waals surface area contributed by atoms with E-state index in [0.717, 1.165) is 23.2 Å². The number of carbonyl (C=O) groups is 2. The molecule has 1 fully saturated rings. The summed E-state index contributed by atoms with van der Waals surface area (Å²) in [5, 5.41) is 2.79. The van der Waals surface area contributed by atoms with E-state index in [4.69, 9.17) is 11.6 Å². The first-order valence-electron chi connectivity index (χ1n) is 6.75. The first-order chi connectivity index (χ1) is 9.54. The van der Waals surface area contributed by atoms with Crippen molar-refractivity contribution in [1.82, 2.24) is 5.32 Å². The van der Waals surface area contributed by atoms with Crippen molar-refractivity contribution < 1.29 is 9.59 Å². The molecular weight excluding hydrogens is 276 g/mol. The van der Waals surface area contributed by atoms with Gasteiger partial charge in [0.05, 0.1) is 0 Å². The summed E-state index contributed by atoms with van der Waals surface area (Å²) in [5.41, 5.74) is 2.93. The Hall–Kier alpha value is -1.55. The average molecular weight is 295 g/mol. The van der Waals surface area contributed by atoms with Crippen molar-refractivity contribution >= 4 is 29.1 Å². The van der Waals surface area contributed by atoms with Gasteiger partial charge in [0.1, 0.15) is 5.88 Å². The van der Waals surface area contributed by atoms with Gasteiger partial charge in [0.2, 0.25) is 11.8 Å². The molecule has 20 heavy (non-hydrogen) atoms. The number of hydrogen-bond acceptors (Lipinski definition) is 2. The van der Waals surface area contributed by atoms with E-state index in [1.165, 1.54) is 0 Å². The van der Waals surface area contributed by atoms with Crippen molar-refractivity contribution in [2.75, 3.05) is 17.3 Å². The summed E-state index contributed by atoms with van der Waals surface area (Å²) in [6.45, 7) is 4.54. The molecule has 1 aromatic carbocycles. The lowest BCUT2D eigenvalue weighted by Crippen LogP contribution is -2.49. The van der Waals surface area contributed by atoms with E-state index in [2.05, 4.69) is 5.32 Å². The van der Waals surface area contributed by atoms with Gasteiger partial charge < -0.3 is 10.2 Å². The lowest BCUT2D eigenvalue weighted by molar-refractivity contribution is -0.123. The molecule has 1 aliphatic heterocycles. The minimum absolute atomic E-state index is 0.0140. The molecule has 1 unspecified atom stereocenters. The number of rotatable bonds is 3. The fraction of sp³-hybridized carbons (Fsp3) is 0.467. The maximum absolute atomic E-state index is 12.3. The molecule has 0 saturated carbocycles. The van der Waals surface area contributed by atoms with Crippen LogP contribution >= 0.6 is 11.6 Å². The fourth-order valence-electron chi connectivity index (χ4n) is 2.75. The lowest BCUT2D eigenvalue weighted by Gasteiger charge is -2.35. The molecular formula is C15H19ClN2O2. The maximum Gasteiger partial charge on any atom is 0.242 e. The SMILES string of the molecule is Cc1cccc(C)c1N(C(=O)CCl)C1CCNC(=O)C1. The molecule has 1 aromatic rings. The Morgan fingerprint density at radius 3 is 2.60 bits per heavy atom. The molecule has 2 rings (SSSR count). The minimum atomic E-state index is -0.149. The summed E-state index contributed by atoms with van der Waals surface area (Å²) in [6.07, 6.45) is 1.08. The Balaban J connectivity index is 2.42. The number of nitrogens with one attached hydrogen (secondary N) is 1. The molecule has 0 aliphatic carbocycles. The molecule has 1 N–H and O–H groups in total. The molecule has 1 saturated heterocycles. The van der Waals surface area contributed by atoms with Crippen LogP contribution in [0, 0.1) is 13.8 Å². The van der Waals surface area contributed by atoms with Gasteiger partial charge >= 0.3 is 0 Å². The quantitative estimate of drug-likeness (QED) is 0.869. The molecule has 0 radical (unpaired) electrons. The number of alkyl halides is 1. The third-order valence-corrected chi connectivity index (χ3v) is 3.88. The number of amides is 2.